The third-order valence-electron chi connectivity index (χ3n) is 4.08. The van der Waals surface area contributed by atoms with Crippen molar-refractivity contribution in [2.45, 2.75) is 43.6 Å². The third-order valence-corrected chi connectivity index (χ3v) is 7.10. The van der Waals surface area contributed by atoms with Crippen LogP contribution in [0.4, 0.5) is 5.13 Å². The predicted molar refractivity (Wildman–Crippen MR) is 95.1 cm³/mol. The van der Waals surface area contributed by atoms with Crippen LogP contribution in [0.1, 0.15) is 27.2 Å². The van der Waals surface area contributed by atoms with Gasteiger partial charge in [-0.3, -0.25) is 9.69 Å². The molecule has 1 aromatic rings. The predicted octanol–water partition coefficient (Wildman–Crippen LogP) is 0.616. The number of rotatable bonds is 7. The molecule has 25 heavy (non-hydrogen) atoms. The lowest BCUT2D eigenvalue weighted by atomic mass is 10.1. The Hall–Kier alpha value is -1.14. The maximum absolute atomic E-state index is 12.8. The van der Waals surface area contributed by atoms with Gasteiger partial charge in [0.2, 0.25) is 15.4 Å². The fraction of sp³-hybridized carbons (Fsp3) is 0.786. The largest absolute Gasteiger partial charge is 0.385 e. The van der Waals surface area contributed by atoms with Crippen LogP contribution in [0, 0.1) is 0 Å². The Labute approximate surface area is 152 Å². The molecule has 0 saturated carbocycles. The molecule has 11 heteroatoms. The summed E-state index contributed by atoms with van der Waals surface area (Å²) in [4.78, 5) is 13.4. The van der Waals surface area contributed by atoms with Crippen molar-refractivity contribution in [1.82, 2.24) is 19.4 Å². The van der Waals surface area contributed by atoms with E-state index in [9.17, 15) is 13.2 Å². The van der Waals surface area contributed by atoms with E-state index in [1.54, 1.807) is 7.11 Å². The molecular formula is C14H25N5O4S2. The second kappa shape index (κ2) is 8.49. The minimum Gasteiger partial charge on any atom is -0.385 e. The Morgan fingerprint density at radius 3 is 2.52 bits per heavy atom. The monoisotopic (exact) mass is 391 g/mol. The molecule has 0 spiro atoms. The van der Waals surface area contributed by atoms with Gasteiger partial charge in [-0.1, -0.05) is 11.3 Å². The number of piperazine rings is 1. The van der Waals surface area contributed by atoms with E-state index in [1.165, 1.54) is 11.2 Å². The van der Waals surface area contributed by atoms with Gasteiger partial charge in [-0.25, -0.2) is 8.42 Å². The highest BCUT2D eigenvalue weighted by Gasteiger charge is 2.37. The van der Waals surface area contributed by atoms with E-state index in [0.717, 1.165) is 24.3 Å². The third kappa shape index (κ3) is 4.94. The first-order chi connectivity index (χ1) is 11.8. The van der Waals surface area contributed by atoms with Gasteiger partial charge < -0.3 is 10.1 Å². The Balaban J connectivity index is 2.08. The molecule has 1 aromatic heterocycles. The molecule has 2 atom stereocenters. The van der Waals surface area contributed by atoms with Gasteiger partial charge in [0.05, 0.1) is 0 Å². The zero-order valence-corrected chi connectivity index (χ0v) is 16.6. The lowest BCUT2D eigenvalue weighted by Gasteiger charge is -2.43. The van der Waals surface area contributed by atoms with Crippen molar-refractivity contribution in [3.05, 3.63) is 0 Å². The molecule has 0 aliphatic carbocycles. The molecule has 0 radical (unpaired) electrons. The van der Waals surface area contributed by atoms with E-state index in [-0.39, 0.29) is 27.5 Å². The number of nitrogens with zero attached hydrogens (tertiary/aromatic N) is 4. The van der Waals surface area contributed by atoms with Gasteiger partial charge in [-0.05, 0) is 20.3 Å². The maximum atomic E-state index is 12.8. The number of aromatic nitrogens is 2. The summed E-state index contributed by atoms with van der Waals surface area (Å²) in [5.41, 5.74) is 0. The molecule has 1 aliphatic rings. The fourth-order valence-electron chi connectivity index (χ4n) is 2.96. The van der Waals surface area contributed by atoms with Crippen molar-refractivity contribution in [3.63, 3.8) is 0 Å². The number of anilines is 1. The average molecular weight is 392 g/mol. The van der Waals surface area contributed by atoms with E-state index >= 15 is 0 Å². The highest BCUT2D eigenvalue weighted by molar-refractivity contribution is 7.91. The normalized spacial score (nSPS) is 22.9. The summed E-state index contributed by atoms with van der Waals surface area (Å²) in [5, 5.41) is 10.1. The topological polar surface area (TPSA) is 105 Å². The molecule has 142 valence electrons. The van der Waals surface area contributed by atoms with Crippen LogP contribution >= 0.6 is 11.3 Å². The van der Waals surface area contributed by atoms with Gasteiger partial charge in [0.25, 0.3) is 10.0 Å². The lowest BCUT2D eigenvalue weighted by molar-refractivity contribution is -0.114. The van der Waals surface area contributed by atoms with E-state index in [4.69, 9.17) is 4.74 Å². The molecule has 2 heterocycles. The minimum atomic E-state index is -3.72. The summed E-state index contributed by atoms with van der Waals surface area (Å²) >= 11 is 0.868. The Bertz CT molecular complexity index is 681. The molecular weight excluding hydrogens is 366 g/mol. The summed E-state index contributed by atoms with van der Waals surface area (Å²) in [6, 6.07) is 0.191. The van der Waals surface area contributed by atoms with Gasteiger partial charge in [-0.2, -0.15) is 4.31 Å². The number of methoxy groups -OCH3 is 1. The SMILES string of the molecule is COCCCN1C(C)CN(S(=O)(=O)c2nnc(NC(C)=O)s2)CC1C. The number of carbonyl (C=O) groups excluding carboxylic acids is 1. The molecule has 1 fully saturated rings. The molecule has 0 bridgehead atoms. The summed E-state index contributed by atoms with van der Waals surface area (Å²) in [7, 11) is -2.04. The first-order valence-electron chi connectivity index (χ1n) is 8.11. The number of hydrogen-bond donors (Lipinski definition) is 1. The van der Waals surface area contributed by atoms with Gasteiger partial charge >= 0.3 is 0 Å². The molecule has 2 unspecified atom stereocenters. The zero-order valence-electron chi connectivity index (χ0n) is 14.9. The fourth-order valence-corrected chi connectivity index (χ4v) is 5.65. The van der Waals surface area contributed by atoms with Crippen LogP contribution in [0.2, 0.25) is 0 Å². The van der Waals surface area contributed by atoms with Gasteiger partial charge in [0, 0.05) is 52.4 Å². The van der Waals surface area contributed by atoms with E-state index < -0.39 is 10.0 Å². The average Bonchev–Trinajstić information content (AvgIpc) is 2.98. The summed E-state index contributed by atoms with van der Waals surface area (Å²) in [5.74, 6) is -0.313. The maximum Gasteiger partial charge on any atom is 0.272 e. The van der Waals surface area contributed by atoms with Crippen LogP contribution < -0.4 is 5.32 Å². The van der Waals surface area contributed by atoms with Crippen molar-refractivity contribution in [2.75, 3.05) is 38.7 Å². The lowest BCUT2D eigenvalue weighted by Crippen LogP contribution is -2.58. The Morgan fingerprint density at radius 1 is 1.32 bits per heavy atom. The van der Waals surface area contributed by atoms with Gasteiger partial charge in [0.15, 0.2) is 0 Å². The summed E-state index contributed by atoms with van der Waals surface area (Å²) < 4.78 is 32.1. The molecule has 0 aromatic carbocycles. The van der Waals surface area contributed by atoms with Crippen molar-refractivity contribution in [3.8, 4) is 0 Å². The highest BCUT2D eigenvalue weighted by atomic mass is 32.2. The first-order valence-corrected chi connectivity index (χ1v) is 10.4. The van der Waals surface area contributed by atoms with E-state index in [0.29, 0.717) is 19.7 Å². The summed E-state index contributed by atoms with van der Waals surface area (Å²) in [6.07, 6.45) is 0.911. The number of ether oxygens (including phenoxy) is 1. The number of sulfonamides is 1. The van der Waals surface area contributed by atoms with Crippen molar-refractivity contribution >= 4 is 32.4 Å². The number of carbonyl (C=O) groups is 1. The van der Waals surface area contributed by atoms with Crippen molar-refractivity contribution in [2.24, 2.45) is 0 Å². The second-order valence-corrected chi connectivity index (χ2v) is 9.25. The molecule has 1 saturated heterocycles. The zero-order chi connectivity index (χ0) is 18.6. The van der Waals surface area contributed by atoms with Crippen LogP contribution in [-0.4, -0.2) is 79.2 Å². The van der Waals surface area contributed by atoms with Crippen molar-refractivity contribution < 1.29 is 17.9 Å². The van der Waals surface area contributed by atoms with E-state index in [1.807, 2.05) is 13.8 Å². The van der Waals surface area contributed by atoms with Crippen LogP contribution in [0.3, 0.4) is 0 Å². The standard InChI is InChI=1S/C14H25N5O4S2/c1-10-8-18(9-11(2)19(10)6-5-7-23-4)25(21,22)14-17-16-13(24-14)15-12(3)20/h10-11H,5-9H2,1-4H3,(H,15,16,20). The number of amides is 1. The van der Waals surface area contributed by atoms with Crippen LogP contribution in [0.5, 0.6) is 0 Å². The van der Waals surface area contributed by atoms with Crippen LogP contribution in [0.25, 0.3) is 0 Å². The molecule has 9 nitrogen and oxygen atoms in total. The van der Waals surface area contributed by atoms with E-state index in [2.05, 4.69) is 20.4 Å². The Kier molecular flexibility index (Phi) is 6.86. The second-order valence-electron chi connectivity index (χ2n) is 6.16. The smallest absolute Gasteiger partial charge is 0.272 e. The van der Waals surface area contributed by atoms with Gasteiger partial charge in [-0.15, -0.1) is 10.2 Å². The quantitative estimate of drug-likeness (QED) is 0.536. The van der Waals surface area contributed by atoms with Gasteiger partial charge in [0.1, 0.15) is 0 Å². The minimum absolute atomic E-state index is 0.0940. The summed E-state index contributed by atoms with van der Waals surface area (Å²) in [6.45, 7) is 7.73. The van der Waals surface area contributed by atoms with Crippen LogP contribution in [-0.2, 0) is 19.6 Å². The van der Waals surface area contributed by atoms with Crippen LogP contribution in [0.15, 0.2) is 4.34 Å². The molecule has 1 amide bonds. The molecule has 1 N–H and O–H groups in total. The van der Waals surface area contributed by atoms with Crippen molar-refractivity contribution in [1.29, 1.82) is 0 Å². The number of nitrogens with one attached hydrogen (secondary N) is 1. The number of hydrogen-bond acceptors (Lipinski definition) is 8. The highest BCUT2D eigenvalue weighted by Crippen LogP contribution is 2.27. The Morgan fingerprint density at radius 2 is 1.96 bits per heavy atom. The molecule has 1 aliphatic heterocycles. The first kappa shape index (κ1) is 20.2. The molecule has 2 rings (SSSR count).